The van der Waals surface area contributed by atoms with Gasteiger partial charge in [-0.3, -0.25) is 19.6 Å². The molecule has 0 radical (unpaired) electrons. The van der Waals surface area contributed by atoms with Gasteiger partial charge in [0.05, 0.1) is 16.8 Å². The summed E-state index contributed by atoms with van der Waals surface area (Å²) in [5.41, 5.74) is -0.408. The minimum absolute atomic E-state index is 0.110. The maximum atomic E-state index is 13.2. The highest BCUT2D eigenvalue weighted by Crippen LogP contribution is 2.21. The first kappa shape index (κ1) is 14.6. The van der Waals surface area contributed by atoms with Crippen molar-refractivity contribution >= 4 is 17.3 Å². The third kappa shape index (κ3) is 3.22. The summed E-state index contributed by atoms with van der Waals surface area (Å²) in [6, 6.07) is 2.84. The van der Waals surface area contributed by atoms with Crippen LogP contribution in [0, 0.1) is 15.9 Å². The van der Waals surface area contributed by atoms with E-state index >= 15 is 0 Å². The van der Waals surface area contributed by atoms with E-state index in [-0.39, 0.29) is 11.6 Å². The van der Waals surface area contributed by atoms with Gasteiger partial charge in [0.25, 0.3) is 11.6 Å². The summed E-state index contributed by atoms with van der Waals surface area (Å²) in [6.07, 6.45) is 3.01. The van der Waals surface area contributed by atoms with Crippen LogP contribution in [0.2, 0.25) is 0 Å². The number of benzene rings is 1. The maximum Gasteiger partial charge on any atom is 0.282 e. The Kier molecular flexibility index (Phi) is 3.97. The highest BCUT2D eigenvalue weighted by Gasteiger charge is 2.21. The molecule has 8 heteroatoms. The Balaban J connectivity index is 2.27. The highest BCUT2D eigenvalue weighted by atomic mass is 19.1. The Labute approximate surface area is 119 Å². The van der Waals surface area contributed by atoms with Gasteiger partial charge in [-0.2, -0.15) is 5.10 Å². The van der Waals surface area contributed by atoms with E-state index in [1.54, 1.807) is 10.9 Å². The summed E-state index contributed by atoms with van der Waals surface area (Å²) in [6.45, 7) is 3.83. The Hall–Kier alpha value is -2.77. The first-order valence-electron chi connectivity index (χ1n) is 6.18. The van der Waals surface area contributed by atoms with Crippen LogP contribution in [0.15, 0.2) is 30.6 Å². The van der Waals surface area contributed by atoms with Crippen LogP contribution in [0.5, 0.6) is 0 Å². The van der Waals surface area contributed by atoms with Gasteiger partial charge in [0, 0.05) is 18.3 Å². The molecule has 0 bridgehead atoms. The van der Waals surface area contributed by atoms with E-state index in [0.29, 0.717) is 5.69 Å². The average Bonchev–Trinajstić information content (AvgIpc) is 2.86. The first-order chi connectivity index (χ1) is 9.88. The molecule has 1 heterocycles. The van der Waals surface area contributed by atoms with Crippen molar-refractivity contribution in [2.24, 2.45) is 0 Å². The Bertz CT molecular complexity index is 696. The van der Waals surface area contributed by atoms with Crippen molar-refractivity contribution in [2.75, 3.05) is 5.32 Å². The fourth-order valence-electron chi connectivity index (χ4n) is 1.73. The maximum absolute atomic E-state index is 13.2. The molecule has 1 N–H and O–H groups in total. The third-order valence-corrected chi connectivity index (χ3v) is 2.79. The molecule has 0 aliphatic carbocycles. The fraction of sp³-hybridized carbons (Fsp3) is 0.231. The number of nitrogens with zero attached hydrogens (tertiary/aromatic N) is 3. The van der Waals surface area contributed by atoms with Crippen LogP contribution < -0.4 is 5.32 Å². The molecule has 1 aromatic heterocycles. The SMILES string of the molecule is CC(C)n1cc(NC(=O)c2cc(F)ccc2[N+](=O)[O-])cn1. The van der Waals surface area contributed by atoms with Crippen LogP contribution in [0.25, 0.3) is 0 Å². The molecular weight excluding hydrogens is 279 g/mol. The van der Waals surface area contributed by atoms with E-state index in [4.69, 9.17) is 0 Å². The number of carbonyl (C=O) groups excluding carboxylic acids is 1. The second kappa shape index (κ2) is 5.70. The lowest BCUT2D eigenvalue weighted by Crippen LogP contribution is -2.14. The van der Waals surface area contributed by atoms with Crippen LogP contribution in [0.1, 0.15) is 30.2 Å². The van der Waals surface area contributed by atoms with E-state index in [2.05, 4.69) is 10.4 Å². The van der Waals surface area contributed by atoms with Gasteiger partial charge in [-0.15, -0.1) is 0 Å². The zero-order chi connectivity index (χ0) is 15.6. The van der Waals surface area contributed by atoms with Crippen molar-refractivity contribution in [3.8, 4) is 0 Å². The van der Waals surface area contributed by atoms with E-state index in [1.807, 2.05) is 13.8 Å². The smallest absolute Gasteiger partial charge is 0.282 e. The van der Waals surface area contributed by atoms with Gasteiger partial charge >= 0.3 is 0 Å². The lowest BCUT2D eigenvalue weighted by atomic mass is 10.1. The molecule has 0 saturated carbocycles. The van der Waals surface area contributed by atoms with Gasteiger partial charge in [-0.05, 0) is 26.0 Å². The fourth-order valence-corrected chi connectivity index (χ4v) is 1.73. The molecule has 110 valence electrons. The number of anilines is 1. The van der Waals surface area contributed by atoms with Gasteiger partial charge < -0.3 is 5.32 Å². The largest absolute Gasteiger partial charge is 0.319 e. The number of amides is 1. The van der Waals surface area contributed by atoms with E-state index < -0.39 is 22.3 Å². The van der Waals surface area contributed by atoms with Gasteiger partial charge in [0.15, 0.2) is 0 Å². The monoisotopic (exact) mass is 292 g/mol. The Morgan fingerprint density at radius 2 is 2.19 bits per heavy atom. The second-order valence-electron chi connectivity index (χ2n) is 4.68. The van der Waals surface area contributed by atoms with E-state index in [9.17, 15) is 19.3 Å². The average molecular weight is 292 g/mol. The Morgan fingerprint density at radius 3 is 2.76 bits per heavy atom. The van der Waals surface area contributed by atoms with Crippen molar-refractivity contribution < 1.29 is 14.1 Å². The summed E-state index contributed by atoms with van der Waals surface area (Å²) >= 11 is 0. The molecule has 2 aromatic rings. The van der Waals surface area contributed by atoms with Crippen LogP contribution in [0.3, 0.4) is 0 Å². The number of nitro groups is 1. The van der Waals surface area contributed by atoms with Crippen molar-refractivity contribution in [2.45, 2.75) is 19.9 Å². The number of rotatable bonds is 4. The van der Waals surface area contributed by atoms with Gasteiger partial charge in [0.2, 0.25) is 0 Å². The number of nitro benzene ring substituents is 1. The molecule has 0 fully saturated rings. The van der Waals surface area contributed by atoms with Gasteiger partial charge in [-0.25, -0.2) is 4.39 Å². The zero-order valence-corrected chi connectivity index (χ0v) is 11.4. The lowest BCUT2D eigenvalue weighted by molar-refractivity contribution is -0.385. The second-order valence-corrected chi connectivity index (χ2v) is 4.68. The number of carbonyl (C=O) groups is 1. The standard InChI is InChI=1S/C13H13FN4O3/c1-8(2)17-7-10(6-15-17)16-13(19)11-5-9(14)3-4-12(11)18(20)21/h3-8H,1-2H3,(H,16,19). The minimum atomic E-state index is -0.760. The first-order valence-corrected chi connectivity index (χ1v) is 6.18. The number of nitrogens with one attached hydrogen (secondary N) is 1. The summed E-state index contributed by atoms with van der Waals surface area (Å²) in [5.74, 6) is -1.48. The quantitative estimate of drug-likeness (QED) is 0.693. The predicted molar refractivity (Wildman–Crippen MR) is 73.6 cm³/mol. The number of hydrogen-bond donors (Lipinski definition) is 1. The zero-order valence-electron chi connectivity index (χ0n) is 11.4. The molecule has 0 aliphatic heterocycles. The molecule has 0 atom stereocenters. The van der Waals surface area contributed by atoms with Crippen molar-refractivity contribution in [1.29, 1.82) is 0 Å². The molecule has 1 aromatic carbocycles. The number of hydrogen-bond acceptors (Lipinski definition) is 4. The van der Waals surface area contributed by atoms with Crippen molar-refractivity contribution in [3.05, 3.63) is 52.1 Å². The molecule has 0 saturated heterocycles. The molecule has 21 heavy (non-hydrogen) atoms. The van der Waals surface area contributed by atoms with Gasteiger partial charge in [0.1, 0.15) is 11.4 Å². The minimum Gasteiger partial charge on any atom is -0.319 e. The molecule has 7 nitrogen and oxygen atoms in total. The normalized spacial score (nSPS) is 10.7. The third-order valence-electron chi connectivity index (χ3n) is 2.79. The van der Waals surface area contributed by atoms with Crippen molar-refractivity contribution in [3.63, 3.8) is 0 Å². The van der Waals surface area contributed by atoms with Crippen LogP contribution in [-0.2, 0) is 0 Å². The number of aromatic nitrogens is 2. The molecule has 1 amide bonds. The predicted octanol–water partition coefficient (Wildman–Crippen LogP) is 2.76. The lowest BCUT2D eigenvalue weighted by Gasteiger charge is -2.05. The van der Waals surface area contributed by atoms with E-state index in [0.717, 1.165) is 18.2 Å². The van der Waals surface area contributed by atoms with Crippen LogP contribution in [-0.4, -0.2) is 20.6 Å². The molecule has 2 rings (SSSR count). The Morgan fingerprint density at radius 1 is 1.48 bits per heavy atom. The molecule has 0 unspecified atom stereocenters. The summed E-state index contributed by atoms with van der Waals surface area (Å²) in [5, 5.41) is 17.4. The topological polar surface area (TPSA) is 90.1 Å². The van der Waals surface area contributed by atoms with Crippen LogP contribution in [0.4, 0.5) is 15.8 Å². The highest BCUT2D eigenvalue weighted by molar-refractivity contribution is 6.06. The summed E-state index contributed by atoms with van der Waals surface area (Å²) < 4.78 is 14.8. The number of halogens is 1. The molecule has 0 aliphatic rings. The molecular formula is C13H13FN4O3. The van der Waals surface area contributed by atoms with Crippen LogP contribution >= 0.6 is 0 Å². The van der Waals surface area contributed by atoms with E-state index in [1.165, 1.54) is 6.20 Å². The summed E-state index contributed by atoms with van der Waals surface area (Å²) in [7, 11) is 0. The summed E-state index contributed by atoms with van der Waals surface area (Å²) in [4.78, 5) is 22.2. The molecule has 0 spiro atoms. The van der Waals surface area contributed by atoms with Gasteiger partial charge in [-0.1, -0.05) is 0 Å². The van der Waals surface area contributed by atoms with Crippen molar-refractivity contribution in [1.82, 2.24) is 9.78 Å².